The van der Waals surface area contributed by atoms with Crippen LogP contribution in [0.1, 0.15) is 53.7 Å². The summed E-state index contributed by atoms with van der Waals surface area (Å²) in [6, 6.07) is 6.16. The van der Waals surface area contributed by atoms with Crippen molar-refractivity contribution in [2.75, 3.05) is 33.9 Å². The molecule has 1 aliphatic heterocycles. The molecule has 1 fully saturated rings. The summed E-state index contributed by atoms with van der Waals surface area (Å²) in [5.74, 6) is 1.61. The number of fused-ring (bicyclic) bond motifs is 3. The summed E-state index contributed by atoms with van der Waals surface area (Å²) in [5, 5.41) is 1.24. The quantitative estimate of drug-likeness (QED) is 0.644. The number of aromatic nitrogens is 1. The Morgan fingerprint density at radius 2 is 1.97 bits per heavy atom. The van der Waals surface area contributed by atoms with Crippen molar-refractivity contribution in [3.63, 3.8) is 0 Å². The number of methoxy groups -OCH3 is 1. The van der Waals surface area contributed by atoms with Crippen molar-refractivity contribution in [2.24, 2.45) is 18.9 Å². The molecule has 1 amide bonds. The molecule has 4 rings (SSSR count). The SMILES string of the molecule is COC(=O)N(C)CCCC(=O)c1ccc2c(c1)c1c(n2C)CCC(C2CCOCC2)C1. The van der Waals surface area contributed by atoms with Crippen LogP contribution in [0.3, 0.4) is 0 Å². The largest absolute Gasteiger partial charge is 0.453 e. The lowest BCUT2D eigenvalue weighted by molar-refractivity contribution is 0.0439. The number of ether oxygens (including phenoxy) is 2. The molecule has 0 N–H and O–H groups in total. The number of carbonyl (C=O) groups is 2. The number of nitrogens with zero attached hydrogens (tertiary/aromatic N) is 2. The van der Waals surface area contributed by atoms with Gasteiger partial charge in [0, 0.05) is 62.4 Å². The average Bonchev–Trinajstić information content (AvgIpc) is 3.09. The van der Waals surface area contributed by atoms with Crippen molar-refractivity contribution in [3.05, 3.63) is 35.0 Å². The van der Waals surface area contributed by atoms with Gasteiger partial charge in [-0.15, -0.1) is 0 Å². The molecule has 6 heteroatoms. The van der Waals surface area contributed by atoms with E-state index in [1.165, 1.54) is 53.4 Å². The highest BCUT2D eigenvalue weighted by molar-refractivity contribution is 6.00. The van der Waals surface area contributed by atoms with E-state index in [2.05, 4.69) is 23.7 Å². The third kappa shape index (κ3) is 4.49. The van der Waals surface area contributed by atoms with Gasteiger partial charge < -0.3 is 18.9 Å². The van der Waals surface area contributed by atoms with Gasteiger partial charge in [-0.1, -0.05) is 0 Å². The van der Waals surface area contributed by atoms with Crippen LogP contribution in [0.2, 0.25) is 0 Å². The van der Waals surface area contributed by atoms with Gasteiger partial charge in [0.15, 0.2) is 5.78 Å². The molecule has 0 radical (unpaired) electrons. The molecule has 6 nitrogen and oxygen atoms in total. The number of hydrogen-bond donors (Lipinski definition) is 0. The molecule has 1 unspecified atom stereocenters. The lowest BCUT2D eigenvalue weighted by Gasteiger charge is -2.33. The number of ketones is 1. The zero-order chi connectivity index (χ0) is 22.0. The van der Waals surface area contributed by atoms with Crippen molar-refractivity contribution in [3.8, 4) is 0 Å². The van der Waals surface area contributed by atoms with E-state index in [1.54, 1.807) is 7.05 Å². The van der Waals surface area contributed by atoms with Gasteiger partial charge in [0.1, 0.15) is 0 Å². The maximum Gasteiger partial charge on any atom is 0.409 e. The zero-order valence-electron chi connectivity index (χ0n) is 19.0. The van der Waals surface area contributed by atoms with Crippen LogP contribution in [0.25, 0.3) is 10.9 Å². The molecule has 0 spiro atoms. The first-order valence-corrected chi connectivity index (χ1v) is 11.5. The van der Waals surface area contributed by atoms with Gasteiger partial charge in [0.2, 0.25) is 0 Å². The zero-order valence-corrected chi connectivity index (χ0v) is 19.0. The van der Waals surface area contributed by atoms with E-state index in [9.17, 15) is 9.59 Å². The number of aryl methyl sites for hydroxylation is 1. The van der Waals surface area contributed by atoms with Crippen LogP contribution >= 0.6 is 0 Å². The highest BCUT2D eigenvalue weighted by Gasteiger charge is 2.30. The van der Waals surface area contributed by atoms with E-state index < -0.39 is 0 Å². The molecule has 1 saturated heterocycles. The van der Waals surface area contributed by atoms with E-state index in [1.807, 2.05) is 6.07 Å². The number of rotatable bonds is 6. The molecule has 1 aromatic carbocycles. The van der Waals surface area contributed by atoms with Crippen LogP contribution in [-0.4, -0.2) is 55.3 Å². The minimum Gasteiger partial charge on any atom is -0.453 e. The predicted octanol–water partition coefficient (Wildman–Crippen LogP) is 4.37. The topological polar surface area (TPSA) is 60.8 Å². The molecule has 168 valence electrons. The van der Waals surface area contributed by atoms with Crippen LogP contribution in [0.15, 0.2) is 18.2 Å². The summed E-state index contributed by atoms with van der Waals surface area (Å²) in [6.07, 6.45) is 6.51. The van der Waals surface area contributed by atoms with Gasteiger partial charge >= 0.3 is 6.09 Å². The fraction of sp³-hybridized carbons (Fsp3) is 0.600. The van der Waals surface area contributed by atoms with Gasteiger partial charge in [0.05, 0.1) is 7.11 Å². The van der Waals surface area contributed by atoms with Crippen molar-refractivity contribution in [1.82, 2.24) is 9.47 Å². The molecule has 0 saturated carbocycles. The second kappa shape index (κ2) is 9.43. The lowest BCUT2D eigenvalue weighted by atomic mass is 9.75. The monoisotopic (exact) mass is 426 g/mol. The maximum absolute atomic E-state index is 12.8. The first-order valence-electron chi connectivity index (χ1n) is 11.5. The summed E-state index contributed by atoms with van der Waals surface area (Å²) >= 11 is 0. The van der Waals surface area contributed by atoms with E-state index in [-0.39, 0.29) is 11.9 Å². The van der Waals surface area contributed by atoms with Crippen molar-refractivity contribution < 1.29 is 19.1 Å². The minimum absolute atomic E-state index is 0.134. The second-order valence-electron chi connectivity index (χ2n) is 9.09. The Bertz CT molecular complexity index is 958. The van der Waals surface area contributed by atoms with Gasteiger partial charge in [-0.05, 0) is 74.1 Å². The smallest absolute Gasteiger partial charge is 0.409 e. The van der Waals surface area contributed by atoms with Gasteiger partial charge in [0.25, 0.3) is 0 Å². The van der Waals surface area contributed by atoms with E-state index in [0.717, 1.165) is 43.5 Å². The Morgan fingerprint density at radius 1 is 1.19 bits per heavy atom. The third-order valence-corrected chi connectivity index (χ3v) is 7.29. The fourth-order valence-corrected chi connectivity index (χ4v) is 5.44. The summed E-state index contributed by atoms with van der Waals surface area (Å²) in [4.78, 5) is 25.8. The van der Waals surface area contributed by atoms with E-state index >= 15 is 0 Å². The molecule has 2 heterocycles. The molecule has 1 aliphatic carbocycles. The predicted molar refractivity (Wildman–Crippen MR) is 121 cm³/mol. The second-order valence-corrected chi connectivity index (χ2v) is 9.09. The van der Waals surface area contributed by atoms with Crippen LogP contribution in [0, 0.1) is 11.8 Å². The summed E-state index contributed by atoms with van der Waals surface area (Å²) in [5.41, 5.74) is 4.87. The Kier molecular flexibility index (Phi) is 6.65. The molecule has 31 heavy (non-hydrogen) atoms. The maximum atomic E-state index is 12.8. The van der Waals surface area contributed by atoms with Gasteiger partial charge in [-0.2, -0.15) is 0 Å². The minimum atomic E-state index is -0.371. The Balaban J connectivity index is 1.50. The average molecular weight is 427 g/mol. The van der Waals surface area contributed by atoms with Gasteiger partial charge in [-0.3, -0.25) is 4.79 Å². The first kappa shape index (κ1) is 21.9. The van der Waals surface area contributed by atoms with Crippen LogP contribution < -0.4 is 0 Å². The summed E-state index contributed by atoms with van der Waals surface area (Å²) in [7, 11) is 5.21. The van der Waals surface area contributed by atoms with Gasteiger partial charge in [-0.25, -0.2) is 4.79 Å². The van der Waals surface area contributed by atoms with Crippen LogP contribution in [0.5, 0.6) is 0 Å². The first-order chi connectivity index (χ1) is 15.0. The highest BCUT2D eigenvalue weighted by atomic mass is 16.5. The number of carbonyl (C=O) groups excluding carboxylic acids is 2. The van der Waals surface area contributed by atoms with E-state index in [4.69, 9.17) is 9.47 Å². The number of Topliss-reactive ketones (excluding diaryl/α,β-unsaturated/α-hetero) is 1. The van der Waals surface area contributed by atoms with Crippen LogP contribution in [-0.2, 0) is 29.4 Å². The number of benzene rings is 1. The summed E-state index contributed by atoms with van der Waals surface area (Å²) in [6.45, 7) is 2.30. The van der Waals surface area contributed by atoms with Crippen LogP contribution in [0.4, 0.5) is 4.79 Å². The Morgan fingerprint density at radius 3 is 2.71 bits per heavy atom. The number of hydrogen-bond acceptors (Lipinski definition) is 4. The van der Waals surface area contributed by atoms with Crippen molar-refractivity contribution in [2.45, 2.75) is 44.9 Å². The normalized spacial score (nSPS) is 19.3. The molecular formula is C25H34N2O4. The fourth-order valence-electron chi connectivity index (χ4n) is 5.44. The summed E-state index contributed by atoms with van der Waals surface area (Å²) < 4.78 is 12.6. The molecule has 1 atom stereocenters. The van der Waals surface area contributed by atoms with E-state index in [0.29, 0.717) is 19.4 Å². The molecular weight excluding hydrogens is 392 g/mol. The Hall–Kier alpha value is -2.34. The van der Waals surface area contributed by atoms with Crippen molar-refractivity contribution >= 4 is 22.8 Å². The van der Waals surface area contributed by atoms with Crippen molar-refractivity contribution in [1.29, 1.82) is 0 Å². The number of amides is 1. The molecule has 2 aliphatic rings. The Labute approximate surface area is 184 Å². The standard InChI is InChI=1S/C25H34N2O4/c1-26(25(29)30-3)12-4-5-24(28)19-7-9-23-21(16-19)20-15-18(6-8-22(20)27(23)2)17-10-13-31-14-11-17/h7,9,16-18H,4-6,8,10-15H2,1-3H3. The molecule has 1 aromatic heterocycles. The highest BCUT2D eigenvalue weighted by Crippen LogP contribution is 2.39. The third-order valence-electron chi connectivity index (χ3n) is 7.29. The lowest BCUT2D eigenvalue weighted by Crippen LogP contribution is -2.28. The molecule has 0 bridgehead atoms. The molecule has 2 aromatic rings.